The van der Waals surface area contributed by atoms with E-state index in [9.17, 15) is 0 Å². The number of hydrogen-bond acceptors (Lipinski definition) is 1. The fourth-order valence-corrected chi connectivity index (χ4v) is 2.57. The molecule has 0 aliphatic carbocycles. The van der Waals surface area contributed by atoms with Gasteiger partial charge in [0.05, 0.1) is 0 Å². The third kappa shape index (κ3) is 2.62. The van der Waals surface area contributed by atoms with Gasteiger partial charge in [0.25, 0.3) is 0 Å². The zero-order valence-electron chi connectivity index (χ0n) is 11.2. The molecular weight excluding hydrogens is 218 g/mol. The van der Waals surface area contributed by atoms with Crippen molar-refractivity contribution in [3.63, 3.8) is 0 Å². The molecule has 0 aliphatic rings. The molecule has 0 saturated carbocycles. The predicted molar refractivity (Wildman–Crippen MR) is 77.7 cm³/mol. The molecule has 2 aromatic rings. The number of aryl methyl sites for hydroxylation is 1. The minimum absolute atomic E-state index is 0.00664. The second-order valence-electron chi connectivity index (χ2n) is 5.24. The lowest BCUT2D eigenvalue weighted by Gasteiger charge is -2.30. The molecule has 2 N–H and O–H groups in total. The molecule has 2 aromatic carbocycles. The summed E-state index contributed by atoms with van der Waals surface area (Å²) in [6, 6.07) is 19.1. The molecule has 1 nitrogen and oxygen atoms in total. The summed E-state index contributed by atoms with van der Waals surface area (Å²) in [5.41, 5.74) is 10.1. The van der Waals surface area contributed by atoms with Gasteiger partial charge in [-0.3, -0.25) is 0 Å². The van der Waals surface area contributed by atoms with E-state index in [4.69, 9.17) is 5.73 Å². The van der Waals surface area contributed by atoms with Crippen LogP contribution >= 0.6 is 0 Å². The van der Waals surface area contributed by atoms with E-state index in [1.165, 1.54) is 16.7 Å². The van der Waals surface area contributed by atoms with Crippen molar-refractivity contribution in [2.45, 2.75) is 25.7 Å². The van der Waals surface area contributed by atoms with Crippen LogP contribution in [-0.2, 0) is 11.8 Å². The summed E-state index contributed by atoms with van der Waals surface area (Å²) in [4.78, 5) is 0. The normalized spacial score (nSPS) is 14.2. The zero-order valence-corrected chi connectivity index (χ0v) is 11.2. The average Bonchev–Trinajstić information content (AvgIpc) is 2.40. The lowest BCUT2D eigenvalue weighted by molar-refractivity contribution is 0.478. The van der Waals surface area contributed by atoms with Crippen molar-refractivity contribution >= 4 is 0 Å². The molecule has 1 atom stereocenters. The third-order valence-corrected chi connectivity index (χ3v) is 3.68. The van der Waals surface area contributed by atoms with Gasteiger partial charge >= 0.3 is 0 Å². The summed E-state index contributed by atoms with van der Waals surface area (Å²) in [6.07, 6.45) is 0.981. The number of rotatable bonds is 4. The van der Waals surface area contributed by atoms with Crippen LogP contribution < -0.4 is 5.73 Å². The van der Waals surface area contributed by atoms with E-state index in [-0.39, 0.29) is 5.41 Å². The Bertz CT molecular complexity index is 504. The SMILES string of the molecule is Cc1ccccc1C(C)(CN)Cc1ccccc1. The van der Waals surface area contributed by atoms with Gasteiger partial charge in [-0.05, 0) is 30.0 Å². The summed E-state index contributed by atoms with van der Waals surface area (Å²) in [5.74, 6) is 0. The molecule has 1 heteroatoms. The van der Waals surface area contributed by atoms with Gasteiger partial charge in [0.1, 0.15) is 0 Å². The highest BCUT2D eigenvalue weighted by Crippen LogP contribution is 2.29. The molecule has 2 rings (SSSR count). The van der Waals surface area contributed by atoms with Crippen LogP contribution in [0.4, 0.5) is 0 Å². The van der Waals surface area contributed by atoms with Crippen molar-refractivity contribution in [2.24, 2.45) is 5.73 Å². The fraction of sp³-hybridized carbons (Fsp3) is 0.294. The van der Waals surface area contributed by atoms with Crippen LogP contribution in [0, 0.1) is 6.92 Å². The van der Waals surface area contributed by atoms with Crippen molar-refractivity contribution < 1.29 is 0 Å². The molecule has 18 heavy (non-hydrogen) atoms. The molecule has 0 bridgehead atoms. The Labute approximate surface area is 110 Å². The quantitative estimate of drug-likeness (QED) is 0.869. The van der Waals surface area contributed by atoms with Crippen LogP contribution in [0.15, 0.2) is 54.6 Å². The molecule has 0 heterocycles. The maximum atomic E-state index is 6.06. The minimum atomic E-state index is 0.00664. The van der Waals surface area contributed by atoms with E-state index in [2.05, 4.69) is 68.4 Å². The molecule has 0 amide bonds. The Morgan fingerprint density at radius 3 is 2.17 bits per heavy atom. The largest absolute Gasteiger partial charge is 0.330 e. The molecule has 0 saturated heterocycles. The first-order valence-corrected chi connectivity index (χ1v) is 6.46. The lowest BCUT2D eigenvalue weighted by atomic mass is 9.75. The molecule has 0 radical (unpaired) electrons. The summed E-state index contributed by atoms with van der Waals surface area (Å²) in [5, 5.41) is 0. The highest BCUT2D eigenvalue weighted by Gasteiger charge is 2.26. The zero-order chi connectivity index (χ0) is 13.0. The highest BCUT2D eigenvalue weighted by molar-refractivity contribution is 5.35. The van der Waals surface area contributed by atoms with E-state index in [1.807, 2.05) is 0 Å². The Balaban J connectivity index is 2.34. The summed E-state index contributed by atoms with van der Waals surface area (Å²) < 4.78 is 0. The van der Waals surface area contributed by atoms with Gasteiger partial charge < -0.3 is 5.73 Å². The minimum Gasteiger partial charge on any atom is -0.330 e. The Hall–Kier alpha value is -1.60. The first-order valence-electron chi connectivity index (χ1n) is 6.46. The third-order valence-electron chi connectivity index (χ3n) is 3.68. The Morgan fingerprint density at radius 2 is 1.56 bits per heavy atom. The first kappa shape index (κ1) is 12.8. The van der Waals surface area contributed by atoms with Crippen LogP contribution in [0.2, 0.25) is 0 Å². The maximum Gasteiger partial charge on any atom is 0.00902 e. The number of hydrogen-bond donors (Lipinski definition) is 1. The van der Waals surface area contributed by atoms with Crippen molar-refractivity contribution in [2.75, 3.05) is 6.54 Å². The Kier molecular flexibility index (Phi) is 3.83. The van der Waals surface area contributed by atoms with E-state index in [1.54, 1.807) is 0 Å². The number of nitrogens with two attached hydrogens (primary N) is 1. The van der Waals surface area contributed by atoms with Crippen molar-refractivity contribution in [3.8, 4) is 0 Å². The smallest absolute Gasteiger partial charge is 0.00902 e. The van der Waals surface area contributed by atoms with Crippen molar-refractivity contribution in [1.82, 2.24) is 0 Å². The maximum absolute atomic E-state index is 6.06. The fourth-order valence-electron chi connectivity index (χ4n) is 2.57. The molecular formula is C17H21N. The molecule has 1 unspecified atom stereocenters. The monoisotopic (exact) mass is 239 g/mol. The van der Waals surface area contributed by atoms with Crippen LogP contribution in [0.5, 0.6) is 0 Å². The summed E-state index contributed by atoms with van der Waals surface area (Å²) in [6.45, 7) is 5.07. The van der Waals surface area contributed by atoms with Gasteiger partial charge in [-0.15, -0.1) is 0 Å². The molecule has 0 spiro atoms. The van der Waals surface area contributed by atoms with Gasteiger partial charge in [-0.2, -0.15) is 0 Å². The van der Waals surface area contributed by atoms with Crippen LogP contribution in [0.25, 0.3) is 0 Å². The molecule has 94 valence electrons. The highest BCUT2D eigenvalue weighted by atomic mass is 14.6. The van der Waals surface area contributed by atoms with E-state index in [0.717, 1.165) is 6.42 Å². The second kappa shape index (κ2) is 5.36. The summed E-state index contributed by atoms with van der Waals surface area (Å²) >= 11 is 0. The average molecular weight is 239 g/mol. The molecule has 0 aromatic heterocycles. The van der Waals surface area contributed by atoms with Crippen LogP contribution in [-0.4, -0.2) is 6.54 Å². The van der Waals surface area contributed by atoms with Crippen LogP contribution in [0.3, 0.4) is 0 Å². The molecule has 0 fully saturated rings. The van der Waals surface area contributed by atoms with Crippen molar-refractivity contribution in [3.05, 3.63) is 71.3 Å². The lowest BCUT2D eigenvalue weighted by Crippen LogP contribution is -2.34. The van der Waals surface area contributed by atoms with E-state index < -0.39 is 0 Å². The van der Waals surface area contributed by atoms with Gasteiger partial charge in [-0.1, -0.05) is 61.5 Å². The standard InChI is InChI=1S/C17H21N/c1-14-8-6-7-11-16(14)17(2,13-18)12-15-9-4-3-5-10-15/h3-11H,12-13,18H2,1-2H3. The second-order valence-corrected chi connectivity index (χ2v) is 5.24. The summed E-state index contributed by atoms with van der Waals surface area (Å²) in [7, 11) is 0. The van der Waals surface area contributed by atoms with Crippen LogP contribution in [0.1, 0.15) is 23.6 Å². The van der Waals surface area contributed by atoms with E-state index in [0.29, 0.717) is 6.54 Å². The Morgan fingerprint density at radius 1 is 0.944 bits per heavy atom. The van der Waals surface area contributed by atoms with Gasteiger partial charge in [-0.25, -0.2) is 0 Å². The molecule has 0 aliphatic heterocycles. The first-order chi connectivity index (χ1) is 8.65. The number of benzene rings is 2. The van der Waals surface area contributed by atoms with Gasteiger partial charge in [0.2, 0.25) is 0 Å². The van der Waals surface area contributed by atoms with Crippen molar-refractivity contribution in [1.29, 1.82) is 0 Å². The predicted octanol–water partition coefficient (Wildman–Crippen LogP) is 3.45. The van der Waals surface area contributed by atoms with E-state index >= 15 is 0 Å². The topological polar surface area (TPSA) is 26.0 Å². The van der Waals surface area contributed by atoms with Gasteiger partial charge in [0.15, 0.2) is 0 Å². The van der Waals surface area contributed by atoms with Gasteiger partial charge in [0, 0.05) is 12.0 Å².